The van der Waals surface area contributed by atoms with Crippen molar-refractivity contribution in [3.8, 4) is 0 Å². The van der Waals surface area contributed by atoms with E-state index < -0.39 is 0 Å². The highest BCUT2D eigenvalue weighted by Crippen LogP contribution is 2.27. The van der Waals surface area contributed by atoms with E-state index in [1.165, 1.54) is 0 Å². The zero-order chi connectivity index (χ0) is 19.0. The number of fused-ring (bicyclic) bond motifs is 1. The van der Waals surface area contributed by atoms with Crippen LogP contribution < -0.4 is 10.2 Å². The highest BCUT2D eigenvalue weighted by atomic mass is 79.9. The molecule has 0 bridgehead atoms. The molecule has 3 aromatic rings. The van der Waals surface area contributed by atoms with Crippen molar-refractivity contribution in [1.82, 2.24) is 19.9 Å². The van der Waals surface area contributed by atoms with E-state index in [2.05, 4.69) is 31.4 Å². The van der Waals surface area contributed by atoms with Gasteiger partial charge in [0.05, 0.1) is 12.0 Å². The van der Waals surface area contributed by atoms with E-state index in [0.29, 0.717) is 12.4 Å². The lowest BCUT2D eigenvalue weighted by Crippen LogP contribution is -2.35. The van der Waals surface area contributed by atoms with Gasteiger partial charge in [-0.25, -0.2) is 0 Å². The summed E-state index contributed by atoms with van der Waals surface area (Å²) >= 11 is 3.39. The number of anilines is 1. The minimum absolute atomic E-state index is 0.0435. The summed E-state index contributed by atoms with van der Waals surface area (Å²) in [4.78, 5) is 26.7. The second-order valence-corrected chi connectivity index (χ2v) is 7.51. The van der Waals surface area contributed by atoms with Crippen LogP contribution in [0.25, 0.3) is 5.65 Å². The SMILES string of the molecule is CC(NC(=O)C1CC(=O)N(c2ccc(Br)cc2)C1)c1nnc2ccccn12. The van der Waals surface area contributed by atoms with Crippen LogP contribution in [-0.4, -0.2) is 33.0 Å². The molecule has 1 aliphatic rings. The van der Waals surface area contributed by atoms with Gasteiger partial charge in [0.15, 0.2) is 11.5 Å². The number of benzene rings is 1. The predicted molar refractivity (Wildman–Crippen MR) is 104 cm³/mol. The number of hydrogen-bond acceptors (Lipinski definition) is 4. The normalized spacial score (nSPS) is 18.1. The average molecular weight is 428 g/mol. The van der Waals surface area contributed by atoms with E-state index in [9.17, 15) is 9.59 Å². The Hall–Kier alpha value is -2.74. The Morgan fingerprint density at radius 3 is 2.78 bits per heavy atom. The molecular formula is C19H18BrN5O2. The van der Waals surface area contributed by atoms with Crippen LogP contribution in [0.1, 0.15) is 25.2 Å². The third-order valence-corrected chi connectivity index (χ3v) is 5.25. The van der Waals surface area contributed by atoms with E-state index >= 15 is 0 Å². The van der Waals surface area contributed by atoms with Gasteiger partial charge in [0.25, 0.3) is 0 Å². The number of nitrogens with one attached hydrogen (secondary N) is 1. The Morgan fingerprint density at radius 2 is 2.00 bits per heavy atom. The molecule has 27 heavy (non-hydrogen) atoms. The first-order valence-electron chi connectivity index (χ1n) is 8.69. The van der Waals surface area contributed by atoms with Crippen molar-refractivity contribution in [2.45, 2.75) is 19.4 Å². The van der Waals surface area contributed by atoms with Gasteiger partial charge < -0.3 is 10.2 Å². The van der Waals surface area contributed by atoms with Crippen molar-refractivity contribution in [2.75, 3.05) is 11.4 Å². The molecule has 1 N–H and O–H groups in total. The summed E-state index contributed by atoms with van der Waals surface area (Å²) in [7, 11) is 0. The van der Waals surface area contributed by atoms with Crippen molar-refractivity contribution in [3.63, 3.8) is 0 Å². The van der Waals surface area contributed by atoms with Crippen LogP contribution >= 0.6 is 15.9 Å². The fraction of sp³-hybridized carbons (Fsp3) is 0.263. The molecule has 138 valence electrons. The molecule has 2 unspecified atom stereocenters. The zero-order valence-corrected chi connectivity index (χ0v) is 16.3. The topological polar surface area (TPSA) is 79.6 Å². The molecule has 7 nitrogen and oxygen atoms in total. The van der Waals surface area contributed by atoms with Crippen molar-refractivity contribution in [1.29, 1.82) is 0 Å². The molecule has 4 rings (SSSR count). The van der Waals surface area contributed by atoms with Gasteiger partial charge in [0.1, 0.15) is 0 Å². The highest BCUT2D eigenvalue weighted by Gasteiger charge is 2.35. The quantitative estimate of drug-likeness (QED) is 0.693. The molecule has 0 saturated carbocycles. The summed E-state index contributed by atoms with van der Waals surface area (Å²) < 4.78 is 2.79. The second kappa shape index (κ2) is 7.11. The number of halogens is 1. The number of carbonyl (C=O) groups excluding carboxylic acids is 2. The largest absolute Gasteiger partial charge is 0.346 e. The summed E-state index contributed by atoms with van der Waals surface area (Å²) in [5.41, 5.74) is 1.53. The van der Waals surface area contributed by atoms with Gasteiger partial charge in [0, 0.05) is 29.3 Å². The molecule has 3 heterocycles. The molecule has 1 fully saturated rings. The number of carbonyl (C=O) groups is 2. The molecule has 0 radical (unpaired) electrons. The number of pyridine rings is 1. The van der Waals surface area contributed by atoms with Crippen molar-refractivity contribution in [3.05, 3.63) is 59.0 Å². The van der Waals surface area contributed by atoms with Gasteiger partial charge in [-0.2, -0.15) is 0 Å². The zero-order valence-electron chi connectivity index (χ0n) is 14.7. The maximum absolute atomic E-state index is 12.7. The van der Waals surface area contributed by atoms with E-state index in [0.717, 1.165) is 15.8 Å². The molecule has 0 aliphatic carbocycles. The van der Waals surface area contributed by atoms with Gasteiger partial charge >= 0.3 is 0 Å². The lowest BCUT2D eigenvalue weighted by Gasteiger charge is -2.18. The van der Waals surface area contributed by atoms with E-state index in [1.807, 2.05) is 60.0 Å². The monoisotopic (exact) mass is 427 g/mol. The van der Waals surface area contributed by atoms with E-state index in [4.69, 9.17) is 0 Å². The van der Waals surface area contributed by atoms with Crippen LogP contribution in [0.3, 0.4) is 0 Å². The van der Waals surface area contributed by atoms with Crippen molar-refractivity contribution >= 4 is 39.1 Å². The Kier molecular flexibility index (Phi) is 4.65. The number of amides is 2. The maximum atomic E-state index is 12.7. The van der Waals surface area contributed by atoms with Gasteiger partial charge in [-0.15, -0.1) is 10.2 Å². The summed E-state index contributed by atoms with van der Waals surface area (Å²) in [6, 6.07) is 12.8. The first-order valence-corrected chi connectivity index (χ1v) is 9.48. The summed E-state index contributed by atoms with van der Waals surface area (Å²) in [6.07, 6.45) is 2.07. The van der Waals surface area contributed by atoms with E-state index in [-0.39, 0.29) is 30.2 Å². The van der Waals surface area contributed by atoms with Gasteiger partial charge in [-0.1, -0.05) is 22.0 Å². The molecule has 2 amide bonds. The standard InChI is InChI=1S/C19H18BrN5O2/c1-12(18-23-22-16-4-2-3-9-24(16)18)21-19(27)13-10-17(26)25(11-13)15-7-5-14(20)6-8-15/h2-9,12-13H,10-11H2,1H3,(H,21,27). The summed E-state index contributed by atoms with van der Waals surface area (Å²) in [5, 5.41) is 11.3. The van der Waals surface area contributed by atoms with Crippen LogP contribution in [0.2, 0.25) is 0 Å². The van der Waals surface area contributed by atoms with Crippen LogP contribution in [0.15, 0.2) is 53.1 Å². The Balaban J connectivity index is 1.45. The van der Waals surface area contributed by atoms with Crippen LogP contribution in [-0.2, 0) is 9.59 Å². The molecule has 1 aliphatic heterocycles. The molecule has 8 heteroatoms. The molecule has 2 aromatic heterocycles. The fourth-order valence-corrected chi connectivity index (χ4v) is 3.57. The minimum Gasteiger partial charge on any atom is -0.346 e. The number of aromatic nitrogens is 3. The average Bonchev–Trinajstić information content (AvgIpc) is 3.26. The minimum atomic E-state index is -0.386. The third kappa shape index (κ3) is 3.44. The first-order chi connectivity index (χ1) is 13.0. The number of nitrogens with zero attached hydrogens (tertiary/aromatic N) is 4. The van der Waals surface area contributed by atoms with Crippen molar-refractivity contribution < 1.29 is 9.59 Å². The Morgan fingerprint density at radius 1 is 1.22 bits per heavy atom. The molecule has 1 aromatic carbocycles. The predicted octanol–water partition coefficient (Wildman–Crippen LogP) is 2.72. The number of rotatable bonds is 4. The molecule has 1 saturated heterocycles. The summed E-state index contributed by atoms with van der Waals surface area (Å²) in [5.74, 6) is 0.0806. The van der Waals surface area contributed by atoms with Crippen molar-refractivity contribution in [2.24, 2.45) is 5.92 Å². The molecule has 2 atom stereocenters. The van der Waals surface area contributed by atoms with Crippen LogP contribution in [0.5, 0.6) is 0 Å². The van der Waals surface area contributed by atoms with E-state index in [1.54, 1.807) is 4.90 Å². The second-order valence-electron chi connectivity index (χ2n) is 6.60. The van der Waals surface area contributed by atoms with Crippen LogP contribution in [0, 0.1) is 5.92 Å². The Labute approximate surface area is 164 Å². The first kappa shape index (κ1) is 17.7. The van der Waals surface area contributed by atoms with Gasteiger partial charge in [-0.05, 0) is 43.3 Å². The van der Waals surface area contributed by atoms with Gasteiger partial charge in [0.2, 0.25) is 11.8 Å². The highest BCUT2D eigenvalue weighted by molar-refractivity contribution is 9.10. The Bertz CT molecular complexity index is 1000. The van der Waals surface area contributed by atoms with Gasteiger partial charge in [-0.3, -0.25) is 14.0 Å². The molecular weight excluding hydrogens is 410 g/mol. The lowest BCUT2D eigenvalue weighted by atomic mass is 10.1. The lowest BCUT2D eigenvalue weighted by molar-refractivity contribution is -0.126. The smallest absolute Gasteiger partial charge is 0.227 e. The maximum Gasteiger partial charge on any atom is 0.227 e. The number of hydrogen-bond donors (Lipinski definition) is 1. The third-order valence-electron chi connectivity index (χ3n) is 4.72. The van der Waals surface area contributed by atoms with Crippen LogP contribution in [0.4, 0.5) is 5.69 Å². The molecule has 0 spiro atoms. The summed E-state index contributed by atoms with van der Waals surface area (Å²) in [6.45, 7) is 2.24. The fourth-order valence-electron chi connectivity index (χ4n) is 3.30.